The summed E-state index contributed by atoms with van der Waals surface area (Å²) in [7, 11) is 1.36. The maximum absolute atomic E-state index is 12.7. The minimum Gasteiger partial charge on any atom is -0.468 e. The van der Waals surface area contributed by atoms with Crippen molar-refractivity contribution in [3.63, 3.8) is 0 Å². The number of thioether (sulfide) groups is 1. The van der Waals surface area contributed by atoms with E-state index in [4.69, 9.17) is 4.74 Å². The van der Waals surface area contributed by atoms with Gasteiger partial charge in [0.1, 0.15) is 5.25 Å². The molecule has 6 heteroatoms. The number of nitrogens with zero attached hydrogens (tertiary/aromatic N) is 2. The predicted molar refractivity (Wildman–Crippen MR) is 88.2 cm³/mol. The van der Waals surface area contributed by atoms with Crippen LogP contribution in [0.5, 0.6) is 0 Å². The van der Waals surface area contributed by atoms with E-state index in [1.807, 2.05) is 32.0 Å². The van der Waals surface area contributed by atoms with Gasteiger partial charge in [0.05, 0.1) is 18.0 Å². The quantitative estimate of drug-likeness (QED) is 0.481. The molecule has 5 nitrogen and oxygen atoms in total. The fourth-order valence-electron chi connectivity index (χ4n) is 2.14. The Morgan fingerprint density at radius 1 is 1.32 bits per heavy atom. The molecule has 1 heterocycles. The average Bonchev–Trinajstić information content (AvgIpc) is 2.50. The Labute approximate surface area is 133 Å². The molecule has 0 bridgehead atoms. The maximum atomic E-state index is 12.7. The molecular formula is C16H20N2O3S. The minimum absolute atomic E-state index is 0.0705. The number of ether oxygens (including phenoxy) is 1. The second kappa shape index (κ2) is 6.96. The molecule has 1 unspecified atom stereocenters. The van der Waals surface area contributed by atoms with E-state index < -0.39 is 5.25 Å². The van der Waals surface area contributed by atoms with Gasteiger partial charge >= 0.3 is 5.97 Å². The molecule has 0 radical (unpaired) electrons. The summed E-state index contributed by atoms with van der Waals surface area (Å²) in [6.07, 6.45) is 0. The molecule has 1 atom stereocenters. The normalized spacial score (nSPS) is 12.6. The number of rotatable bonds is 5. The topological polar surface area (TPSA) is 61.2 Å². The zero-order valence-electron chi connectivity index (χ0n) is 13.2. The van der Waals surface area contributed by atoms with Gasteiger partial charge in [0.25, 0.3) is 5.56 Å². The van der Waals surface area contributed by atoms with E-state index in [0.717, 1.165) is 0 Å². The Morgan fingerprint density at radius 2 is 2.00 bits per heavy atom. The van der Waals surface area contributed by atoms with Crippen LogP contribution in [0.15, 0.2) is 34.2 Å². The van der Waals surface area contributed by atoms with Crippen molar-refractivity contribution in [3.05, 3.63) is 34.6 Å². The Hall–Kier alpha value is -1.82. The standard InChI is InChI=1S/C16H20N2O3S/c1-10(2)9-18-14(19)12-7-5-6-8-13(12)17-16(18)22-11(3)15(20)21-4/h5-8,10-11H,9H2,1-4H3. The molecule has 0 saturated carbocycles. The van der Waals surface area contributed by atoms with Crippen LogP contribution in [0.3, 0.4) is 0 Å². The van der Waals surface area contributed by atoms with E-state index in [0.29, 0.717) is 28.5 Å². The number of methoxy groups -OCH3 is 1. The summed E-state index contributed by atoms with van der Waals surface area (Å²) in [5, 5.41) is 0.727. The predicted octanol–water partition coefficient (Wildman–Crippen LogP) is 2.71. The van der Waals surface area contributed by atoms with Crippen LogP contribution in [0, 0.1) is 5.92 Å². The van der Waals surface area contributed by atoms with Crippen LogP contribution in [0.1, 0.15) is 20.8 Å². The molecule has 0 spiro atoms. The summed E-state index contributed by atoms with van der Waals surface area (Å²) in [4.78, 5) is 28.9. The van der Waals surface area contributed by atoms with E-state index in [9.17, 15) is 9.59 Å². The lowest BCUT2D eigenvalue weighted by atomic mass is 10.2. The van der Waals surface area contributed by atoms with Gasteiger partial charge in [-0.15, -0.1) is 0 Å². The van der Waals surface area contributed by atoms with Crippen molar-refractivity contribution in [3.8, 4) is 0 Å². The molecule has 0 fully saturated rings. The molecule has 0 aliphatic carbocycles. The van der Waals surface area contributed by atoms with Crippen molar-refractivity contribution < 1.29 is 9.53 Å². The highest BCUT2D eigenvalue weighted by Gasteiger charge is 2.20. The van der Waals surface area contributed by atoms with Gasteiger partial charge in [0.15, 0.2) is 5.16 Å². The first kappa shape index (κ1) is 16.5. The zero-order valence-corrected chi connectivity index (χ0v) is 14.0. The maximum Gasteiger partial charge on any atom is 0.318 e. The van der Waals surface area contributed by atoms with Crippen LogP contribution >= 0.6 is 11.8 Å². The van der Waals surface area contributed by atoms with E-state index in [2.05, 4.69) is 4.98 Å². The Balaban J connectivity index is 2.54. The van der Waals surface area contributed by atoms with E-state index in [1.54, 1.807) is 17.6 Å². The molecule has 2 aromatic rings. The van der Waals surface area contributed by atoms with Crippen molar-refractivity contribution in [2.45, 2.75) is 37.7 Å². The van der Waals surface area contributed by atoms with Gasteiger partial charge in [0, 0.05) is 6.54 Å². The Kier molecular flexibility index (Phi) is 5.24. The van der Waals surface area contributed by atoms with E-state index >= 15 is 0 Å². The molecule has 0 saturated heterocycles. The summed E-state index contributed by atoms with van der Waals surface area (Å²) in [5.74, 6) is -0.0306. The van der Waals surface area contributed by atoms with Crippen molar-refractivity contribution in [2.24, 2.45) is 5.92 Å². The second-order valence-corrected chi connectivity index (χ2v) is 6.81. The second-order valence-electron chi connectivity index (χ2n) is 5.50. The number of aromatic nitrogens is 2. The van der Waals surface area contributed by atoms with Crippen LogP contribution in [0.25, 0.3) is 10.9 Å². The molecule has 1 aromatic carbocycles. The molecule has 0 aliphatic rings. The number of carbonyl (C=O) groups excluding carboxylic acids is 1. The third-order valence-electron chi connectivity index (χ3n) is 3.19. The van der Waals surface area contributed by atoms with Crippen LogP contribution in [-0.2, 0) is 16.1 Å². The third-order valence-corrected chi connectivity index (χ3v) is 4.26. The molecule has 0 amide bonds. The number of benzene rings is 1. The molecule has 2 rings (SSSR count). The van der Waals surface area contributed by atoms with Crippen molar-refractivity contribution >= 4 is 28.6 Å². The number of hydrogen-bond donors (Lipinski definition) is 0. The van der Waals surface area contributed by atoms with Gasteiger partial charge in [-0.25, -0.2) is 4.98 Å². The van der Waals surface area contributed by atoms with Crippen LogP contribution in [-0.4, -0.2) is 27.9 Å². The first-order valence-electron chi connectivity index (χ1n) is 7.18. The lowest BCUT2D eigenvalue weighted by Gasteiger charge is -2.16. The van der Waals surface area contributed by atoms with E-state index in [-0.39, 0.29) is 11.5 Å². The number of esters is 1. The van der Waals surface area contributed by atoms with Gasteiger partial charge in [-0.3, -0.25) is 14.2 Å². The Bertz CT molecular complexity index is 740. The Morgan fingerprint density at radius 3 is 2.64 bits per heavy atom. The van der Waals surface area contributed by atoms with Crippen LogP contribution < -0.4 is 5.56 Å². The van der Waals surface area contributed by atoms with Crippen molar-refractivity contribution in [1.82, 2.24) is 9.55 Å². The van der Waals surface area contributed by atoms with Crippen molar-refractivity contribution in [2.75, 3.05) is 7.11 Å². The molecule has 22 heavy (non-hydrogen) atoms. The highest BCUT2D eigenvalue weighted by Crippen LogP contribution is 2.23. The third kappa shape index (κ3) is 3.50. The van der Waals surface area contributed by atoms with Gasteiger partial charge in [0.2, 0.25) is 0 Å². The highest BCUT2D eigenvalue weighted by atomic mass is 32.2. The number of carbonyl (C=O) groups is 1. The zero-order chi connectivity index (χ0) is 16.3. The summed E-state index contributed by atoms with van der Waals surface area (Å²) >= 11 is 1.25. The monoisotopic (exact) mass is 320 g/mol. The average molecular weight is 320 g/mol. The van der Waals surface area contributed by atoms with E-state index in [1.165, 1.54) is 18.9 Å². The first-order valence-corrected chi connectivity index (χ1v) is 8.06. The largest absolute Gasteiger partial charge is 0.468 e. The lowest BCUT2D eigenvalue weighted by molar-refractivity contribution is -0.139. The van der Waals surface area contributed by atoms with Crippen molar-refractivity contribution in [1.29, 1.82) is 0 Å². The highest BCUT2D eigenvalue weighted by molar-refractivity contribution is 8.00. The molecular weight excluding hydrogens is 300 g/mol. The van der Waals surface area contributed by atoms with Gasteiger partial charge < -0.3 is 4.74 Å². The lowest BCUT2D eigenvalue weighted by Crippen LogP contribution is -2.27. The van der Waals surface area contributed by atoms with Gasteiger partial charge in [-0.1, -0.05) is 37.7 Å². The molecule has 0 N–H and O–H groups in total. The number of para-hydroxylation sites is 1. The first-order chi connectivity index (χ1) is 10.4. The SMILES string of the molecule is COC(=O)C(C)Sc1nc2ccccc2c(=O)n1CC(C)C. The molecule has 118 valence electrons. The fraction of sp³-hybridized carbons (Fsp3) is 0.438. The minimum atomic E-state index is -0.420. The molecule has 0 aliphatic heterocycles. The van der Waals surface area contributed by atoms with Crippen LogP contribution in [0.4, 0.5) is 0 Å². The summed E-state index contributed by atoms with van der Waals surface area (Å²) < 4.78 is 6.40. The van der Waals surface area contributed by atoms with Gasteiger partial charge in [-0.2, -0.15) is 0 Å². The van der Waals surface area contributed by atoms with Crippen LogP contribution in [0.2, 0.25) is 0 Å². The number of hydrogen-bond acceptors (Lipinski definition) is 5. The van der Waals surface area contributed by atoms with Gasteiger partial charge in [-0.05, 0) is 25.0 Å². The smallest absolute Gasteiger partial charge is 0.318 e. The fourth-order valence-corrected chi connectivity index (χ4v) is 3.08. The number of fused-ring (bicyclic) bond motifs is 1. The summed E-state index contributed by atoms with van der Waals surface area (Å²) in [5.41, 5.74) is 0.575. The molecule has 1 aromatic heterocycles. The summed E-state index contributed by atoms with van der Waals surface area (Å²) in [6.45, 7) is 6.39. The summed E-state index contributed by atoms with van der Waals surface area (Å²) in [6, 6.07) is 7.26.